The van der Waals surface area contributed by atoms with Crippen LogP contribution in [0.2, 0.25) is 0 Å². The van der Waals surface area contributed by atoms with Crippen LogP contribution in [-0.2, 0) is 27.7 Å². The molecule has 0 spiro atoms. The van der Waals surface area contributed by atoms with E-state index in [1.165, 1.54) is 25.3 Å². The fourth-order valence-corrected chi connectivity index (χ4v) is 4.71. The number of amides is 1. The van der Waals surface area contributed by atoms with Crippen molar-refractivity contribution < 1.29 is 13.2 Å². The maximum absolute atomic E-state index is 12.8. The zero-order valence-corrected chi connectivity index (χ0v) is 17.4. The first-order valence-corrected chi connectivity index (χ1v) is 11.4. The van der Waals surface area contributed by atoms with Gasteiger partial charge in [0, 0.05) is 24.8 Å². The topological polar surface area (TPSA) is 66.5 Å². The van der Waals surface area contributed by atoms with E-state index in [0.717, 1.165) is 36.9 Å². The molecule has 0 atom stereocenters. The van der Waals surface area contributed by atoms with E-state index in [4.69, 9.17) is 0 Å². The SMILES string of the molecule is CCCCCc1ccc(NS(=O)(=O)c2ccc3c(c2)CCCN3C(C)=O)cc1. The first kappa shape index (κ1) is 20.4. The molecule has 1 heterocycles. The highest BCUT2D eigenvalue weighted by Crippen LogP contribution is 2.30. The lowest BCUT2D eigenvalue weighted by Crippen LogP contribution is -2.33. The van der Waals surface area contributed by atoms with Gasteiger partial charge >= 0.3 is 0 Å². The fraction of sp³-hybridized carbons (Fsp3) is 0.409. The molecule has 2 aromatic rings. The van der Waals surface area contributed by atoms with Gasteiger partial charge < -0.3 is 4.90 Å². The molecule has 1 N–H and O–H groups in total. The smallest absolute Gasteiger partial charge is 0.261 e. The van der Waals surface area contributed by atoms with Crippen molar-refractivity contribution in [3.05, 3.63) is 53.6 Å². The van der Waals surface area contributed by atoms with E-state index in [1.54, 1.807) is 23.1 Å². The van der Waals surface area contributed by atoms with Crippen molar-refractivity contribution >= 4 is 27.3 Å². The van der Waals surface area contributed by atoms with Crippen LogP contribution in [0.5, 0.6) is 0 Å². The monoisotopic (exact) mass is 400 g/mol. The number of rotatable bonds is 7. The summed E-state index contributed by atoms with van der Waals surface area (Å²) in [6.07, 6.45) is 6.15. The maximum atomic E-state index is 12.8. The Bertz CT molecular complexity index is 937. The van der Waals surface area contributed by atoms with Crippen molar-refractivity contribution in [1.29, 1.82) is 0 Å². The van der Waals surface area contributed by atoms with Crippen LogP contribution < -0.4 is 9.62 Å². The largest absolute Gasteiger partial charge is 0.312 e. The molecule has 150 valence electrons. The molecular formula is C22H28N2O3S. The highest BCUT2D eigenvalue weighted by atomic mass is 32.2. The Morgan fingerprint density at radius 3 is 2.54 bits per heavy atom. The second-order valence-electron chi connectivity index (χ2n) is 7.32. The van der Waals surface area contributed by atoms with E-state index in [9.17, 15) is 13.2 Å². The van der Waals surface area contributed by atoms with E-state index in [0.29, 0.717) is 12.2 Å². The quantitative estimate of drug-likeness (QED) is 0.695. The number of benzene rings is 2. The lowest BCUT2D eigenvalue weighted by atomic mass is 10.0. The summed E-state index contributed by atoms with van der Waals surface area (Å²) in [5, 5.41) is 0. The van der Waals surface area contributed by atoms with Gasteiger partial charge in [0.05, 0.1) is 4.90 Å². The van der Waals surface area contributed by atoms with Gasteiger partial charge in [-0.3, -0.25) is 9.52 Å². The molecule has 6 heteroatoms. The molecule has 0 bridgehead atoms. The van der Waals surface area contributed by atoms with Crippen LogP contribution >= 0.6 is 0 Å². The molecule has 1 aliphatic heterocycles. The first-order valence-electron chi connectivity index (χ1n) is 9.93. The average Bonchev–Trinajstić information content (AvgIpc) is 2.68. The van der Waals surface area contributed by atoms with Crippen molar-refractivity contribution in [2.24, 2.45) is 0 Å². The number of sulfonamides is 1. The van der Waals surface area contributed by atoms with Crippen molar-refractivity contribution in [1.82, 2.24) is 0 Å². The van der Waals surface area contributed by atoms with Crippen LogP contribution in [0.4, 0.5) is 11.4 Å². The molecule has 1 aliphatic rings. The van der Waals surface area contributed by atoms with Gasteiger partial charge in [-0.25, -0.2) is 8.42 Å². The highest BCUT2D eigenvalue weighted by molar-refractivity contribution is 7.92. The molecule has 5 nitrogen and oxygen atoms in total. The zero-order chi connectivity index (χ0) is 20.1. The Morgan fingerprint density at radius 2 is 1.86 bits per heavy atom. The van der Waals surface area contributed by atoms with Gasteiger partial charge in [-0.05, 0) is 67.1 Å². The third-order valence-corrected chi connectivity index (χ3v) is 6.51. The number of unbranched alkanes of at least 4 members (excludes halogenated alkanes) is 2. The van der Waals surface area contributed by atoms with Crippen molar-refractivity contribution in [2.45, 2.75) is 57.3 Å². The van der Waals surface area contributed by atoms with Crippen LogP contribution in [0.15, 0.2) is 47.4 Å². The molecule has 0 saturated carbocycles. The fourth-order valence-electron chi connectivity index (χ4n) is 3.60. The summed E-state index contributed by atoms with van der Waals surface area (Å²) >= 11 is 0. The van der Waals surface area contributed by atoms with E-state index in [-0.39, 0.29) is 10.8 Å². The van der Waals surface area contributed by atoms with E-state index in [1.807, 2.05) is 24.3 Å². The number of fused-ring (bicyclic) bond motifs is 1. The van der Waals surface area contributed by atoms with Gasteiger partial charge in [0.25, 0.3) is 10.0 Å². The number of hydrogen-bond acceptors (Lipinski definition) is 3. The lowest BCUT2D eigenvalue weighted by molar-refractivity contribution is -0.116. The summed E-state index contributed by atoms with van der Waals surface area (Å²) in [5.41, 5.74) is 3.49. The van der Waals surface area contributed by atoms with Crippen molar-refractivity contribution in [3.63, 3.8) is 0 Å². The van der Waals surface area contributed by atoms with Crippen LogP contribution in [0, 0.1) is 0 Å². The Balaban J connectivity index is 1.75. The molecule has 1 amide bonds. The molecule has 2 aromatic carbocycles. The number of carbonyl (C=O) groups is 1. The van der Waals surface area contributed by atoms with Crippen molar-refractivity contribution in [2.75, 3.05) is 16.2 Å². The average molecular weight is 401 g/mol. The Labute approximate surface area is 167 Å². The van der Waals surface area contributed by atoms with Gasteiger partial charge in [-0.1, -0.05) is 31.9 Å². The summed E-state index contributed by atoms with van der Waals surface area (Å²) in [6, 6.07) is 12.6. The second-order valence-corrected chi connectivity index (χ2v) is 9.01. The summed E-state index contributed by atoms with van der Waals surface area (Å²) in [5.74, 6) is -0.0197. The van der Waals surface area contributed by atoms with Crippen molar-refractivity contribution in [3.8, 4) is 0 Å². The summed E-state index contributed by atoms with van der Waals surface area (Å²) in [6.45, 7) is 4.39. The Morgan fingerprint density at radius 1 is 1.11 bits per heavy atom. The van der Waals surface area contributed by atoms with E-state index in [2.05, 4.69) is 11.6 Å². The van der Waals surface area contributed by atoms with Crippen LogP contribution in [-0.4, -0.2) is 20.9 Å². The van der Waals surface area contributed by atoms with Crippen LogP contribution in [0.25, 0.3) is 0 Å². The Kier molecular flexibility index (Phi) is 6.39. The summed E-state index contributed by atoms with van der Waals surface area (Å²) in [4.78, 5) is 13.7. The zero-order valence-electron chi connectivity index (χ0n) is 16.6. The van der Waals surface area contributed by atoms with Gasteiger partial charge in [-0.2, -0.15) is 0 Å². The number of nitrogens with zero attached hydrogens (tertiary/aromatic N) is 1. The Hall–Kier alpha value is -2.34. The molecule has 3 rings (SSSR count). The maximum Gasteiger partial charge on any atom is 0.261 e. The van der Waals surface area contributed by atoms with Gasteiger partial charge in [0.2, 0.25) is 5.91 Å². The lowest BCUT2D eigenvalue weighted by Gasteiger charge is -2.28. The number of anilines is 2. The normalized spacial score (nSPS) is 13.9. The summed E-state index contributed by atoms with van der Waals surface area (Å²) < 4.78 is 28.3. The van der Waals surface area contributed by atoms with E-state index < -0.39 is 10.0 Å². The van der Waals surface area contributed by atoms with Crippen LogP contribution in [0.3, 0.4) is 0 Å². The number of nitrogens with one attached hydrogen (secondary N) is 1. The van der Waals surface area contributed by atoms with Gasteiger partial charge in [0.15, 0.2) is 0 Å². The van der Waals surface area contributed by atoms with Gasteiger partial charge in [0.1, 0.15) is 0 Å². The molecule has 0 saturated heterocycles. The van der Waals surface area contributed by atoms with Gasteiger partial charge in [-0.15, -0.1) is 0 Å². The summed E-state index contributed by atoms with van der Waals surface area (Å²) in [7, 11) is -3.67. The number of hydrogen-bond donors (Lipinski definition) is 1. The number of carbonyl (C=O) groups excluding carboxylic acids is 1. The molecule has 0 unspecified atom stereocenters. The predicted octanol–water partition coefficient (Wildman–Crippen LogP) is 4.52. The minimum absolute atomic E-state index is 0.0197. The second kappa shape index (κ2) is 8.78. The standard InChI is InChI=1S/C22H28N2O3S/c1-3-4-5-7-18-9-11-20(12-10-18)23-28(26,27)21-13-14-22-19(16-21)8-6-15-24(22)17(2)25/h9-14,16,23H,3-8,15H2,1-2H3. The molecular weight excluding hydrogens is 372 g/mol. The molecule has 0 aliphatic carbocycles. The molecule has 0 radical (unpaired) electrons. The van der Waals surface area contributed by atoms with E-state index >= 15 is 0 Å². The molecule has 0 aromatic heterocycles. The molecule has 0 fully saturated rings. The van der Waals surface area contributed by atoms with Crippen LogP contribution in [0.1, 0.15) is 50.7 Å². The first-order chi connectivity index (χ1) is 13.4. The minimum Gasteiger partial charge on any atom is -0.312 e. The third kappa shape index (κ3) is 4.73. The molecule has 28 heavy (non-hydrogen) atoms. The minimum atomic E-state index is -3.67. The predicted molar refractivity (Wildman–Crippen MR) is 113 cm³/mol. The highest BCUT2D eigenvalue weighted by Gasteiger charge is 2.23. The number of aryl methyl sites for hydroxylation is 2. The third-order valence-electron chi connectivity index (χ3n) is 5.14.